The number of rotatable bonds is 2. The van der Waals surface area contributed by atoms with Gasteiger partial charge in [-0.05, 0) is 24.0 Å². The van der Waals surface area contributed by atoms with Crippen molar-refractivity contribution in [3.63, 3.8) is 0 Å². The fraction of sp³-hybridized carbons (Fsp3) is 0.588. The van der Waals surface area contributed by atoms with E-state index in [2.05, 4.69) is 27.9 Å². The molecule has 122 valence electrons. The molecule has 1 saturated carbocycles. The summed E-state index contributed by atoms with van der Waals surface area (Å²) in [6.45, 7) is 6.61. The second kappa shape index (κ2) is 6.15. The Balaban J connectivity index is 1.30. The highest BCUT2D eigenvalue weighted by atomic mass is 32.2. The Hall–Kier alpha value is -1.56. The zero-order valence-electron chi connectivity index (χ0n) is 13.4. The smallest absolute Gasteiger partial charge is 0.226 e. The highest BCUT2D eigenvalue weighted by Crippen LogP contribution is 2.48. The molecule has 0 radical (unpaired) electrons. The summed E-state index contributed by atoms with van der Waals surface area (Å²) in [5.74, 6) is 0.877. The van der Waals surface area contributed by atoms with Crippen molar-refractivity contribution in [2.75, 3.05) is 32.7 Å². The number of hydrogen-bond donors (Lipinski definition) is 0. The molecular formula is C17H22N4OS. The Morgan fingerprint density at radius 1 is 1.30 bits per heavy atom. The van der Waals surface area contributed by atoms with Crippen molar-refractivity contribution in [1.29, 1.82) is 0 Å². The first-order chi connectivity index (χ1) is 11.2. The van der Waals surface area contributed by atoms with Crippen LogP contribution in [0.15, 0.2) is 29.5 Å². The van der Waals surface area contributed by atoms with Crippen LogP contribution in [0.25, 0.3) is 0 Å². The summed E-state index contributed by atoms with van der Waals surface area (Å²) in [7, 11) is 0. The van der Waals surface area contributed by atoms with E-state index < -0.39 is 0 Å². The van der Waals surface area contributed by atoms with Crippen LogP contribution in [0, 0.1) is 5.92 Å². The van der Waals surface area contributed by atoms with Crippen LogP contribution >= 0.6 is 11.8 Å². The molecule has 2 fully saturated rings. The van der Waals surface area contributed by atoms with Crippen LogP contribution in [0.2, 0.25) is 0 Å². The van der Waals surface area contributed by atoms with Gasteiger partial charge in [0.25, 0.3) is 0 Å². The van der Waals surface area contributed by atoms with E-state index >= 15 is 0 Å². The first-order valence-electron chi connectivity index (χ1n) is 8.37. The van der Waals surface area contributed by atoms with Gasteiger partial charge in [0.15, 0.2) is 5.17 Å². The standard InChI is InChI=1S/C17H22N4OS/c1-12-10-19-17(23-12)21-7-5-20(6-8-21)16(22)15-9-14(15)13-3-2-4-18-11-13/h2-4,11-12,14-15H,5-10H2,1H3/t12-,14+,15-/m1/s1. The van der Waals surface area contributed by atoms with Gasteiger partial charge in [-0.2, -0.15) is 0 Å². The molecule has 0 unspecified atom stereocenters. The maximum atomic E-state index is 12.7. The largest absolute Gasteiger partial charge is 0.348 e. The molecule has 0 bridgehead atoms. The van der Waals surface area contributed by atoms with E-state index in [1.807, 2.05) is 28.9 Å². The third kappa shape index (κ3) is 3.09. The van der Waals surface area contributed by atoms with Crippen molar-refractivity contribution in [3.05, 3.63) is 30.1 Å². The molecule has 3 heterocycles. The predicted molar refractivity (Wildman–Crippen MR) is 92.6 cm³/mol. The topological polar surface area (TPSA) is 48.8 Å². The van der Waals surface area contributed by atoms with Gasteiger partial charge in [-0.25, -0.2) is 0 Å². The summed E-state index contributed by atoms with van der Waals surface area (Å²) >= 11 is 1.86. The number of aliphatic imine (C=N–C) groups is 1. The van der Waals surface area contributed by atoms with Gasteiger partial charge in [-0.1, -0.05) is 24.8 Å². The second-order valence-corrected chi connectivity index (χ2v) is 8.00. The number of carbonyl (C=O) groups is 1. The number of thioether (sulfide) groups is 1. The van der Waals surface area contributed by atoms with Gasteiger partial charge >= 0.3 is 0 Å². The van der Waals surface area contributed by atoms with E-state index in [0.29, 0.717) is 17.1 Å². The normalized spacial score (nSPS) is 30.3. The lowest BCUT2D eigenvalue weighted by molar-refractivity contribution is -0.133. The molecule has 0 spiro atoms. The molecule has 0 aromatic carbocycles. The molecule has 2 aliphatic heterocycles. The summed E-state index contributed by atoms with van der Waals surface area (Å²) in [5, 5.41) is 1.76. The van der Waals surface area contributed by atoms with Crippen molar-refractivity contribution in [3.8, 4) is 0 Å². The first-order valence-corrected chi connectivity index (χ1v) is 9.25. The summed E-state index contributed by atoms with van der Waals surface area (Å²) in [6.07, 6.45) is 4.66. The van der Waals surface area contributed by atoms with Crippen molar-refractivity contribution >= 4 is 22.8 Å². The van der Waals surface area contributed by atoms with Crippen molar-refractivity contribution in [2.45, 2.75) is 24.5 Å². The molecule has 3 atom stereocenters. The molecule has 0 N–H and O–H groups in total. The number of nitrogens with zero attached hydrogens (tertiary/aromatic N) is 4. The maximum Gasteiger partial charge on any atom is 0.226 e. The SMILES string of the molecule is C[C@@H]1CN=C(N2CCN(C(=O)[C@@H]3C[C@H]3c3cccnc3)CC2)S1. The van der Waals surface area contributed by atoms with E-state index in [0.717, 1.165) is 39.1 Å². The van der Waals surface area contributed by atoms with Crippen LogP contribution < -0.4 is 0 Å². The Morgan fingerprint density at radius 3 is 2.78 bits per heavy atom. The lowest BCUT2D eigenvalue weighted by Crippen LogP contribution is -2.50. The minimum absolute atomic E-state index is 0.170. The van der Waals surface area contributed by atoms with Gasteiger partial charge in [0.1, 0.15) is 0 Å². The summed E-state index contributed by atoms with van der Waals surface area (Å²) < 4.78 is 0. The number of pyridine rings is 1. The Morgan fingerprint density at radius 2 is 2.13 bits per heavy atom. The van der Waals surface area contributed by atoms with Crippen LogP contribution in [-0.2, 0) is 4.79 Å². The lowest BCUT2D eigenvalue weighted by Gasteiger charge is -2.35. The average Bonchev–Trinajstić information content (AvgIpc) is 3.29. The van der Waals surface area contributed by atoms with Crippen molar-refractivity contribution in [2.24, 2.45) is 10.9 Å². The molecule has 1 aromatic heterocycles. The number of amidine groups is 1. The van der Waals surface area contributed by atoms with Crippen molar-refractivity contribution < 1.29 is 4.79 Å². The molecule has 1 aromatic rings. The van der Waals surface area contributed by atoms with E-state index in [1.165, 1.54) is 10.7 Å². The highest BCUT2D eigenvalue weighted by Gasteiger charge is 2.46. The van der Waals surface area contributed by atoms with Gasteiger partial charge in [-0.15, -0.1) is 0 Å². The van der Waals surface area contributed by atoms with Gasteiger partial charge in [0.05, 0.1) is 6.54 Å². The number of hydrogen-bond acceptors (Lipinski definition) is 5. The zero-order valence-corrected chi connectivity index (χ0v) is 14.2. The highest BCUT2D eigenvalue weighted by molar-refractivity contribution is 8.14. The van der Waals surface area contributed by atoms with Crippen LogP contribution in [0.4, 0.5) is 0 Å². The van der Waals surface area contributed by atoms with Gasteiger partial charge in [0.2, 0.25) is 5.91 Å². The van der Waals surface area contributed by atoms with E-state index in [1.54, 1.807) is 6.20 Å². The van der Waals surface area contributed by atoms with Crippen LogP contribution in [-0.4, -0.2) is 63.8 Å². The van der Waals surface area contributed by atoms with Crippen molar-refractivity contribution in [1.82, 2.24) is 14.8 Å². The van der Waals surface area contributed by atoms with Gasteiger partial charge in [0, 0.05) is 49.7 Å². The average molecular weight is 330 g/mol. The Labute approximate surface area is 141 Å². The third-order valence-corrected chi connectivity index (χ3v) is 6.02. The molecule has 5 nitrogen and oxygen atoms in total. The molecule has 4 rings (SSSR count). The number of aromatic nitrogens is 1. The Bertz CT molecular complexity index is 612. The Kier molecular flexibility index (Phi) is 4.01. The molecular weight excluding hydrogens is 308 g/mol. The lowest BCUT2D eigenvalue weighted by atomic mass is 10.1. The maximum absolute atomic E-state index is 12.7. The molecule has 6 heteroatoms. The monoisotopic (exact) mass is 330 g/mol. The van der Waals surface area contributed by atoms with Gasteiger partial charge < -0.3 is 9.80 Å². The first kappa shape index (κ1) is 15.0. The van der Waals surface area contributed by atoms with E-state index in [9.17, 15) is 4.79 Å². The molecule has 3 aliphatic rings. The fourth-order valence-corrected chi connectivity index (χ4v) is 4.41. The number of amides is 1. The van der Waals surface area contributed by atoms with E-state index in [4.69, 9.17) is 0 Å². The summed E-state index contributed by atoms with van der Waals surface area (Å²) in [4.78, 5) is 25.8. The molecule has 1 amide bonds. The van der Waals surface area contributed by atoms with E-state index in [-0.39, 0.29) is 5.92 Å². The van der Waals surface area contributed by atoms with Crippen LogP contribution in [0.3, 0.4) is 0 Å². The van der Waals surface area contributed by atoms with Gasteiger partial charge in [-0.3, -0.25) is 14.8 Å². The summed E-state index contributed by atoms with van der Waals surface area (Å²) in [5.41, 5.74) is 1.20. The fourth-order valence-electron chi connectivity index (χ4n) is 3.42. The van der Waals surface area contributed by atoms with Crippen LogP contribution in [0.1, 0.15) is 24.8 Å². The number of piperazine rings is 1. The quantitative estimate of drug-likeness (QED) is 0.830. The molecule has 1 saturated heterocycles. The van der Waals surface area contributed by atoms with Crippen LogP contribution in [0.5, 0.6) is 0 Å². The minimum atomic E-state index is 0.170. The zero-order chi connectivity index (χ0) is 15.8. The number of carbonyl (C=O) groups excluding carboxylic acids is 1. The summed E-state index contributed by atoms with van der Waals surface area (Å²) in [6, 6.07) is 4.04. The third-order valence-electron chi connectivity index (χ3n) is 4.87. The molecule has 23 heavy (non-hydrogen) atoms. The minimum Gasteiger partial charge on any atom is -0.348 e. The second-order valence-electron chi connectivity index (χ2n) is 6.60. The predicted octanol–water partition coefficient (Wildman–Crippen LogP) is 1.82. The molecule has 1 aliphatic carbocycles.